The Hall–Kier alpha value is -0.0800. The average molecular weight is 171 g/mol. The quantitative estimate of drug-likeness (QED) is 0.701. The summed E-state index contributed by atoms with van der Waals surface area (Å²) in [6.07, 6.45) is 5.09. The molecule has 2 heteroatoms. The number of ether oxygens (including phenoxy) is 1. The molecule has 2 N–H and O–H groups in total. The standard InChI is InChI=1S/C10H21NO/c1-3-4-5-9(11)10-8(2)6-7-12-10/h8-10H,3-7,11H2,1-2H3. The van der Waals surface area contributed by atoms with Gasteiger partial charge in [-0.25, -0.2) is 0 Å². The van der Waals surface area contributed by atoms with Gasteiger partial charge in [0.1, 0.15) is 0 Å². The van der Waals surface area contributed by atoms with E-state index < -0.39 is 0 Å². The Balaban J connectivity index is 2.25. The average Bonchev–Trinajstić information content (AvgIpc) is 2.47. The molecule has 0 amide bonds. The van der Waals surface area contributed by atoms with Crippen molar-refractivity contribution in [3.05, 3.63) is 0 Å². The van der Waals surface area contributed by atoms with Crippen LogP contribution in [0.4, 0.5) is 0 Å². The van der Waals surface area contributed by atoms with Crippen LogP contribution in [0.2, 0.25) is 0 Å². The van der Waals surface area contributed by atoms with E-state index in [1.165, 1.54) is 19.3 Å². The lowest BCUT2D eigenvalue weighted by Crippen LogP contribution is -2.37. The van der Waals surface area contributed by atoms with Crippen LogP contribution in [0.1, 0.15) is 39.5 Å². The third-order valence-electron chi connectivity index (χ3n) is 2.76. The smallest absolute Gasteiger partial charge is 0.0752 e. The third-order valence-corrected chi connectivity index (χ3v) is 2.76. The first-order valence-electron chi connectivity index (χ1n) is 5.13. The number of nitrogens with two attached hydrogens (primary N) is 1. The van der Waals surface area contributed by atoms with Gasteiger partial charge in [-0.05, 0) is 18.8 Å². The van der Waals surface area contributed by atoms with Gasteiger partial charge in [0.15, 0.2) is 0 Å². The second-order valence-electron chi connectivity index (χ2n) is 3.91. The number of rotatable bonds is 4. The molecule has 1 aliphatic rings. The molecule has 1 rings (SSSR count). The lowest BCUT2D eigenvalue weighted by molar-refractivity contribution is 0.0696. The van der Waals surface area contributed by atoms with Crippen LogP contribution in [0, 0.1) is 5.92 Å². The number of hydrogen-bond donors (Lipinski definition) is 1. The highest BCUT2D eigenvalue weighted by Crippen LogP contribution is 2.23. The Labute approximate surface area is 75.5 Å². The Morgan fingerprint density at radius 3 is 2.83 bits per heavy atom. The van der Waals surface area contributed by atoms with Gasteiger partial charge >= 0.3 is 0 Å². The molecule has 0 aromatic carbocycles. The summed E-state index contributed by atoms with van der Waals surface area (Å²) < 4.78 is 5.60. The highest BCUT2D eigenvalue weighted by atomic mass is 16.5. The minimum Gasteiger partial charge on any atom is -0.376 e. The summed E-state index contributed by atoms with van der Waals surface area (Å²) in [5.41, 5.74) is 6.03. The van der Waals surface area contributed by atoms with Gasteiger partial charge in [-0.15, -0.1) is 0 Å². The van der Waals surface area contributed by atoms with Crippen LogP contribution in [-0.4, -0.2) is 18.8 Å². The minimum absolute atomic E-state index is 0.266. The first kappa shape index (κ1) is 10.0. The second-order valence-corrected chi connectivity index (χ2v) is 3.91. The Morgan fingerprint density at radius 1 is 1.58 bits per heavy atom. The minimum atomic E-state index is 0.266. The van der Waals surface area contributed by atoms with Crippen LogP contribution < -0.4 is 5.73 Å². The Morgan fingerprint density at radius 2 is 2.33 bits per heavy atom. The molecule has 72 valence electrons. The van der Waals surface area contributed by atoms with E-state index in [1.807, 2.05) is 0 Å². The fraction of sp³-hybridized carbons (Fsp3) is 1.00. The fourth-order valence-corrected chi connectivity index (χ4v) is 1.87. The Kier molecular flexibility index (Phi) is 4.02. The van der Waals surface area contributed by atoms with Crippen LogP contribution in [0.15, 0.2) is 0 Å². The second kappa shape index (κ2) is 4.83. The van der Waals surface area contributed by atoms with E-state index >= 15 is 0 Å². The summed E-state index contributed by atoms with van der Waals surface area (Å²) in [5.74, 6) is 0.664. The molecule has 0 aromatic heterocycles. The van der Waals surface area contributed by atoms with Gasteiger partial charge < -0.3 is 10.5 Å². The normalized spacial score (nSPS) is 32.2. The van der Waals surface area contributed by atoms with Crippen molar-refractivity contribution in [1.29, 1.82) is 0 Å². The number of hydrogen-bond acceptors (Lipinski definition) is 2. The molecule has 0 saturated carbocycles. The summed E-state index contributed by atoms with van der Waals surface area (Å²) in [5, 5.41) is 0. The van der Waals surface area contributed by atoms with Crippen molar-refractivity contribution in [2.75, 3.05) is 6.61 Å². The van der Waals surface area contributed by atoms with Gasteiger partial charge in [-0.3, -0.25) is 0 Å². The van der Waals surface area contributed by atoms with E-state index in [9.17, 15) is 0 Å². The first-order chi connectivity index (χ1) is 5.75. The van der Waals surface area contributed by atoms with Crippen molar-refractivity contribution in [3.8, 4) is 0 Å². The maximum absolute atomic E-state index is 6.03. The molecule has 0 bridgehead atoms. The summed E-state index contributed by atoms with van der Waals surface area (Å²) in [7, 11) is 0. The van der Waals surface area contributed by atoms with Gasteiger partial charge in [0.05, 0.1) is 6.10 Å². The van der Waals surface area contributed by atoms with Crippen LogP contribution in [0.5, 0.6) is 0 Å². The van der Waals surface area contributed by atoms with E-state index in [0.29, 0.717) is 12.0 Å². The van der Waals surface area contributed by atoms with E-state index in [2.05, 4.69) is 13.8 Å². The van der Waals surface area contributed by atoms with Gasteiger partial charge in [0.25, 0.3) is 0 Å². The summed E-state index contributed by atoms with van der Waals surface area (Å²) in [4.78, 5) is 0. The molecule has 1 fully saturated rings. The van der Waals surface area contributed by atoms with Gasteiger partial charge in [-0.2, -0.15) is 0 Å². The maximum Gasteiger partial charge on any atom is 0.0752 e. The molecule has 0 radical (unpaired) electrons. The molecular formula is C10H21NO. The zero-order valence-electron chi connectivity index (χ0n) is 8.25. The van der Waals surface area contributed by atoms with Crippen LogP contribution in [-0.2, 0) is 4.74 Å². The largest absolute Gasteiger partial charge is 0.376 e. The van der Waals surface area contributed by atoms with Crippen molar-refractivity contribution in [2.24, 2.45) is 11.7 Å². The van der Waals surface area contributed by atoms with Crippen LogP contribution >= 0.6 is 0 Å². The monoisotopic (exact) mass is 171 g/mol. The molecule has 1 aliphatic heterocycles. The van der Waals surface area contributed by atoms with E-state index in [4.69, 9.17) is 10.5 Å². The van der Waals surface area contributed by atoms with Gasteiger partial charge in [0.2, 0.25) is 0 Å². The molecule has 12 heavy (non-hydrogen) atoms. The van der Waals surface area contributed by atoms with Gasteiger partial charge in [0, 0.05) is 12.6 Å². The highest BCUT2D eigenvalue weighted by Gasteiger charge is 2.29. The molecular weight excluding hydrogens is 150 g/mol. The molecule has 3 atom stereocenters. The predicted octanol–water partition coefficient (Wildman–Crippen LogP) is 1.93. The van der Waals surface area contributed by atoms with E-state index in [0.717, 1.165) is 13.0 Å². The fourth-order valence-electron chi connectivity index (χ4n) is 1.87. The first-order valence-corrected chi connectivity index (χ1v) is 5.13. The van der Waals surface area contributed by atoms with Crippen LogP contribution in [0.25, 0.3) is 0 Å². The zero-order chi connectivity index (χ0) is 8.97. The molecule has 1 saturated heterocycles. The predicted molar refractivity (Wildman–Crippen MR) is 51.0 cm³/mol. The molecule has 0 spiro atoms. The van der Waals surface area contributed by atoms with Gasteiger partial charge in [-0.1, -0.05) is 26.7 Å². The molecule has 1 heterocycles. The SMILES string of the molecule is CCCCC(N)C1OCCC1C. The molecule has 0 aliphatic carbocycles. The van der Waals surface area contributed by atoms with Crippen molar-refractivity contribution in [1.82, 2.24) is 0 Å². The topological polar surface area (TPSA) is 35.2 Å². The van der Waals surface area contributed by atoms with E-state index in [-0.39, 0.29) is 6.04 Å². The third kappa shape index (κ3) is 2.46. The summed E-state index contributed by atoms with van der Waals surface area (Å²) in [6.45, 7) is 5.35. The molecule has 3 unspecified atom stereocenters. The van der Waals surface area contributed by atoms with Crippen molar-refractivity contribution in [3.63, 3.8) is 0 Å². The zero-order valence-corrected chi connectivity index (χ0v) is 8.25. The van der Waals surface area contributed by atoms with E-state index in [1.54, 1.807) is 0 Å². The summed E-state index contributed by atoms with van der Waals surface area (Å²) >= 11 is 0. The number of unbranched alkanes of at least 4 members (excludes halogenated alkanes) is 1. The van der Waals surface area contributed by atoms with Crippen LogP contribution in [0.3, 0.4) is 0 Å². The lowest BCUT2D eigenvalue weighted by atomic mass is 9.95. The lowest BCUT2D eigenvalue weighted by Gasteiger charge is -2.21. The molecule has 2 nitrogen and oxygen atoms in total. The maximum atomic E-state index is 6.03. The van der Waals surface area contributed by atoms with Crippen molar-refractivity contribution >= 4 is 0 Å². The Bertz CT molecular complexity index is 127. The van der Waals surface area contributed by atoms with Crippen molar-refractivity contribution in [2.45, 2.75) is 51.7 Å². The molecule has 0 aromatic rings. The summed E-state index contributed by atoms with van der Waals surface area (Å²) in [6, 6.07) is 0.266. The van der Waals surface area contributed by atoms with Crippen molar-refractivity contribution < 1.29 is 4.74 Å². The highest BCUT2D eigenvalue weighted by molar-refractivity contribution is 4.82.